The maximum atomic E-state index is 11.2. The summed E-state index contributed by atoms with van der Waals surface area (Å²) >= 11 is 3.33. The van der Waals surface area contributed by atoms with Crippen LogP contribution < -0.4 is 20.3 Å². The average Bonchev–Trinajstić information content (AvgIpc) is 2.96. The highest BCUT2D eigenvalue weighted by molar-refractivity contribution is 7.98. The molecule has 2 atom stereocenters. The molecule has 2 aromatic rings. The lowest BCUT2D eigenvalue weighted by atomic mass is 9.99. The lowest BCUT2D eigenvalue weighted by Crippen LogP contribution is -2.30. The number of hydrogen-bond acceptors (Lipinski definition) is 8. The number of hydrazone groups is 2. The van der Waals surface area contributed by atoms with Crippen molar-refractivity contribution in [2.24, 2.45) is 22.0 Å². The molecular weight excluding hydrogens is 544 g/mol. The van der Waals surface area contributed by atoms with Crippen molar-refractivity contribution in [3.63, 3.8) is 0 Å². The average molecular weight is 581 g/mol. The van der Waals surface area contributed by atoms with E-state index in [0.717, 1.165) is 43.8 Å². The van der Waals surface area contributed by atoms with Gasteiger partial charge in [-0.3, -0.25) is 9.59 Å². The summed E-state index contributed by atoms with van der Waals surface area (Å²) in [5, 5.41) is 8.17. The summed E-state index contributed by atoms with van der Waals surface area (Å²) in [7, 11) is 3.34. The van der Waals surface area contributed by atoms with Gasteiger partial charge in [0, 0.05) is 45.6 Å². The summed E-state index contributed by atoms with van der Waals surface area (Å²) < 4.78 is 10.9. The van der Waals surface area contributed by atoms with Crippen molar-refractivity contribution in [2.75, 3.05) is 26.7 Å². The number of hydrogen-bond donors (Lipinski definition) is 2. The third kappa shape index (κ3) is 8.50. The smallest absolute Gasteiger partial charge is 0.240 e. The molecule has 2 unspecified atom stereocenters. The van der Waals surface area contributed by atoms with Gasteiger partial charge >= 0.3 is 0 Å². The molecule has 2 aliphatic heterocycles. The van der Waals surface area contributed by atoms with Crippen LogP contribution in [-0.4, -0.2) is 50.0 Å². The van der Waals surface area contributed by atoms with Gasteiger partial charge in [0.1, 0.15) is 11.5 Å². The first-order valence-corrected chi connectivity index (χ1v) is 15.3. The van der Waals surface area contributed by atoms with Gasteiger partial charge in [-0.2, -0.15) is 10.2 Å². The van der Waals surface area contributed by atoms with Crippen LogP contribution in [-0.2, 0) is 9.59 Å². The minimum Gasteiger partial charge on any atom is -0.496 e. The van der Waals surface area contributed by atoms with E-state index < -0.39 is 0 Å². The molecule has 0 bridgehead atoms. The van der Waals surface area contributed by atoms with Crippen molar-refractivity contribution in [2.45, 2.75) is 36.5 Å². The Balaban J connectivity index is 0.000000220. The second-order valence-electron chi connectivity index (χ2n) is 9.21. The first-order chi connectivity index (χ1) is 19.3. The molecule has 2 N–H and O–H groups in total. The number of nitrogens with one attached hydrogen (secondary N) is 2. The lowest BCUT2D eigenvalue weighted by Gasteiger charge is -2.16. The van der Waals surface area contributed by atoms with E-state index in [1.54, 1.807) is 37.7 Å². The fourth-order valence-corrected chi connectivity index (χ4v) is 5.11. The molecule has 2 aliphatic rings. The third-order valence-corrected chi connectivity index (χ3v) is 7.84. The van der Waals surface area contributed by atoms with Gasteiger partial charge in [0.2, 0.25) is 11.8 Å². The van der Waals surface area contributed by atoms with Gasteiger partial charge in [-0.05, 0) is 55.0 Å². The highest BCUT2D eigenvalue weighted by Gasteiger charge is 2.19. The van der Waals surface area contributed by atoms with Crippen molar-refractivity contribution in [3.8, 4) is 11.5 Å². The van der Waals surface area contributed by atoms with Crippen LogP contribution >= 0.6 is 23.5 Å². The zero-order valence-corrected chi connectivity index (χ0v) is 25.3. The number of nitrogens with zero attached hydrogens (tertiary/aromatic N) is 2. The Kier molecular flexibility index (Phi) is 11.9. The Morgan fingerprint density at radius 1 is 0.800 bits per heavy atom. The highest BCUT2D eigenvalue weighted by Crippen LogP contribution is 2.32. The second-order valence-corrected chi connectivity index (χ2v) is 10.9. The number of methoxy groups -OCH3 is 2. The summed E-state index contributed by atoms with van der Waals surface area (Å²) in [5.74, 6) is 1.91. The number of carbonyl (C=O) groups is 2. The fraction of sp³-hybridized carbons (Fsp3) is 0.333. The molecule has 2 amide bonds. The van der Waals surface area contributed by atoms with Crippen molar-refractivity contribution in [3.05, 3.63) is 59.7 Å². The molecule has 0 saturated carbocycles. The van der Waals surface area contributed by atoms with Gasteiger partial charge in [0.05, 0.1) is 25.6 Å². The Hall–Kier alpha value is -3.50. The minimum absolute atomic E-state index is 0.0309. The summed E-state index contributed by atoms with van der Waals surface area (Å²) in [6.45, 7) is 3.99. The van der Waals surface area contributed by atoms with Crippen LogP contribution in [0.1, 0.15) is 37.8 Å². The van der Waals surface area contributed by atoms with Gasteiger partial charge in [0.15, 0.2) is 0 Å². The molecule has 4 rings (SSSR count). The largest absolute Gasteiger partial charge is 0.496 e. The van der Waals surface area contributed by atoms with Crippen LogP contribution in [0, 0.1) is 11.8 Å². The quantitative estimate of drug-likeness (QED) is 0.378. The first-order valence-electron chi connectivity index (χ1n) is 12.8. The lowest BCUT2D eigenvalue weighted by molar-refractivity contribution is -0.122. The number of carbonyl (C=O) groups excluding carboxylic acids is 2. The van der Waals surface area contributed by atoms with E-state index in [2.05, 4.69) is 27.1 Å². The molecule has 2 heterocycles. The second kappa shape index (κ2) is 15.3. The molecule has 8 nitrogen and oxygen atoms in total. The molecule has 10 heteroatoms. The number of benzene rings is 2. The molecule has 0 aromatic heterocycles. The summed E-state index contributed by atoms with van der Waals surface area (Å²) in [6, 6.07) is 12.1. The predicted molar refractivity (Wildman–Crippen MR) is 166 cm³/mol. The van der Waals surface area contributed by atoms with Crippen molar-refractivity contribution >= 4 is 58.9 Å². The van der Waals surface area contributed by atoms with E-state index in [4.69, 9.17) is 9.47 Å². The Morgan fingerprint density at radius 2 is 1.40 bits per heavy atom. The normalized spacial score (nSPS) is 18.9. The summed E-state index contributed by atoms with van der Waals surface area (Å²) in [4.78, 5) is 24.7. The SMILES string of the molecule is COc1c(C=CC2=NNC(=O)CC2C)cccc1SC.COc1cc(SC)ccc1C=CC1=NNC(=O)CC1C. The number of allylic oxidation sites excluding steroid dienone is 2. The molecule has 2 aromatic carbocycles. The first kappa shape index (κ1) is 31.0. The summed E-state index contributed by atoms with van der Waals surface area (Å²) in [5.41, 5.74) is 8.78. The molecule has 0 saturated heterocycles. The molecule has 0 fully saturated rings. The van der Waals surface area contributed by atoms with Gasteiger partial charge in [-0.15, -0.1) is 23.5 Å². The van der Waals surface area contributed by atoms with Crippen LogP contribution in [0.15, 0.2) is 68.5 Å². The molecule has 0 aliphatic carbocycles. The number of thioether (sulfide) groups is 2. The van der Waals surface area contributed by atoms with E-state index in [-0.39, 0.29) is 23.7 Å². The van der Waals surface area contributed by atoms with Gasteiger partial charge < -0.3 is 9.47 Å². The Labute approximate surface area is 244 Å². The minimum atomic E-state index is -0.0310. The van der Waals surface area contributed by atoms with Gasteiger partial charge in [-0.25, -0.2) is 10.9 Å². The fourth-order valence-electron chi connectivity index (χ4n) is 4.08. The topological polar surface area (TPSA) is 101 Å². The monoisotopic (exact) mass is 580 g/mol. The van der Waals surface area contributed by atoms with Gasteiger partial charge in [-0.1, -0.05) is 32.0 Å². The molecule has 212 valence electrons. The summed E-state index contributed by atoms with van der Waals surface area (Å²) in [6.07, 6.45) is 12.8. The molecule has 0 spiro atoms. The van der Waals surface area contributed by atoms with E-state index in [1.807, 2.05) is 81.0 Å². The Bertz CT molecular complexity index is 1340. The predicted octanol–water partition coefficient (Wildman–Crippen LogP) is 5.88. The van der Waals surface area contributed by atoms with Crippen LogP contribution in [0.3, 0.4) is 0 Å². The van der Waals surface area contributed by atoms with Crippen LogP contribution in [0.5, 0.6) is 11.5 Å². The van der Waals surface area contributed by atoms with Crippen molar-refractivity contribution in [1.82, 2.24) is 10.9 Å². The number of para-hydroxylation sites is 1. The van der Waals surface area contributed by atoms with E-state index in [0.29, 0.717) is 12.8 Å². The van der Waals surface area contributed by atoms with Crippen molar-refractivity contribution in [1.29, 1.82) is 0 Å². The zero-order chi connectivity index (χ0) is 29.1. The standard InChI is InChI=1S/2C15H18N2O2S/c1-10-8-15(18)17-16-13(10)7-5-11-4-6-12(20-3)9-14(11)19-2;1-10-9-14(18)17-16-12(10)8-7-11-5-4-6-13(20-3)15(11)19-2/h4-7,9-10H,8H2,1-3H3,(H,17,18);4-8,10H,9H2,1-3H3,(H,17,18). The van der Waals surface area contributed by atoms with Crippen LogP contribution in [0.25, 0.3) is 12.2 Å². The van der Waals surface area contributed by atoms with Crippen LogP contribution in [0.4, 0.5) is 0 Å². The number of ether oxygens (including phenoxy) is 2. The van der Waals surface area contributed by atoms with E-state index in [1.165, 1.54) is 0 Å². The maximum absolute atomic E-state index is 11.2. The zero-order valence-electron chi connectivity index (χ0n) is 23.7. The maximum Gasteiger partial charge on any atom is 0.240 e. The van der Waals surface area contributed by atoms with E-state index in [9.17, 15) is 9.59 Å². The van der Waals surface area contributed by atoms with E-state index >= 15 is 0 Å². The number of rotatable bonds is 8. The third-order valence-electron chi connectivity index (χ3n) is 6.35. The Morgan fingerprint density at radius 3 is 1.90 bits per heavy atom. The number of amides is 2. The van der Waals surface area contributed by atoms with Crippen molar-refractivity contribution < 1.29 is 19.1 Å². The van der Waals surface area contributed by atoms with Crippen LogP contribution in [0.2, 0.25) is 0 Å². The molecule has 40 heavy (non-hydrogen) atoms. The highest BCUT2D eigenvalue weighted by atomic mass is 32.2. The molecular formula is C30H36N4O4S2. The van der Waals surface area contributed by atoms with Gasteiger partial charge in [0.25, 0.3) is 0 Å². The molecule has 0 radical (unpaired) electrons.